The van der Waals surface area contributed by atoms with Gasteiger partial charge in [-0.3, -0.25) is 9.86 Å². The first-order valence-corrected chi connectivity index (χ1v) is 11.4. The van der Waals surface area contributed by atoms with Crippen molar-refractivity contribution in [2.24, 2.45) is 5.14 Å². The van der Waals surface area contributed by atoms with E-state index in [1.807, 2.05) is 42.5 Å². The van der Waals surface area contributed by atoms with E-state index in [4.69, 9.17) is 26.2 Å². The summed E-state index contributed by atoms with van der Waals surface area (Å²) in [7, 11) is 0. The summed E-state index contributed by atoms with van der Waals surface area (Å²) >= 11 is 7.56. The van der Waals surface area contributed by atoms with Crippen LogP contribution in [0.5, 0.6) is 5.75 Å². The molecule has 2 aromatic rings. The van der Waals surface area contributed by atoms with Crippen LogP contribution in [0, 0.1) is 0 Å². The Labute approximate surface area is 187 Å². The first-order chi connectivity index (χ1) is 14.6. The number of aliphatic hydroxyl groups excluding tert-OH is 2. The highest BCUT2D eigenvalue weighted by molar-refractivity contribution is 7.95. The molecular formula is C22H29ClN2O4S. The van der Waals surface area contributed by atoms with Crippen molar-refractivity contribution in [3.05, 3.63) is 64.2 Å². The minimum absolute atomic E-state index is 0.0923. The molecule has 0 amide bonds. The van der Waals surface area contributed by atoms with E-state index in [9.17, 15) is 10.2 Å². The van der Waals surface area contributed by atoms with Gasteiger partial charge in [-0.15, -0.1) is 0 Å². The van der Waals surface area contributed by atoms with Crippen LogP contribution in [0.2, 0.25) is 5.02 Å². The number of rotatable bonds is 10. The highest BCUT2D eigenvalue weighted by Gasteiger charge is 2.29. The van der Waals surface area contributed by atoms with Crippen molar-refractivity contribution in [3.8, 4) is 5.75 Å². The summed E-state index contributed by atoms with van der Waals surface area (Å²) in [6, 6.07) is 13.8. The molecule has 30 heavy (non-hydrogen) atoms. The molecule has 3 rings (SSSR count). The van der Waals surface area contributed by atoms with E-state index in [1.165, 1.54) is 0 Å². The van der Waals surface area contributed by atoms with Gasteiger partial charge in [-0.2, -0.15) is 0 Å². The Morgan fingerprint density at radius 2 is 2.00 bits per heavy atom. The standard InChI is InChI=1S/C22H29ClN2O4S/c23-21-7-4-16(22-13-18(27)12-20(14-26)29-22)11-17(21)10-15-2-5-19(6-3-15)28-9-1-8-25-30-24/h2-7,11,18,20,22,25-27H,1,8-10,12-14,24H2. The first kappa shape index (κ1) is 23.3. The SMILES string of the molecule is NSNCCCOc1ccc(Cc2cc(C3CC(O)CC(CO)O3)ccc2Cl)cc1. The van der Waals surface area contributed by atoms with Crippen molar-refractivity contribution in [1.29, 1.82) is 0 Å². The van der Waals surface area contributed by atoms with Crippen molar-refractivity contribution in [2.45, 2.75) is 44.0 Å². The molecule has 1 aliphatic rings. The lowest BCUT2D eigenvalue weighted by molar-refractivity contribution is -0.113. The van der Waals surface area contributed by atoms with E-state index in [0.717, 1.165) is 47.5 Å². The van der Waals surface area contributed by atoms with Crippen molar-refractivity contribution < 1.29 is 19.7 Å². The summed E-state index contributed by atoms with van der Waals surface area (Å²) in [5.74, 6) is 0.832. The number of hydrogen-bond donors (Lipinski definition) is 4. The average Bonchev–Trinajstić information content (AvgIpc) is 2.75. The molecule has 0 saturated carbocycles. The first-order valence-electron chi connectivity index (χ1n) is 10.1. The average molecular weight is 453 g/mol. The molecule has 0 radical (unpaired) electrons. The van der Waals surface area contributed by atoms with Gasteiger partial charge in [-0.05, 0) is 47.7 Å². The summed E-state index contributed by atoms with van der Waals surface area (Å²) in [6.07, 6.45) is 1.48. The van der Waals surface area contributed by atoms with E-state index in [0.29, 0.717) is 30.9 Å². The number of nitrogens with two attached hydrogens (primary N) is 1. The molecule has 8 heteroatoms. The summed E-state index contributed by atoms with van der Waals surface area (Å²) in [5, 5.41) is 25.5. The van der Waals surface area contributed by atoms with Gasteiger partial charge in [0.1, 0.15) is 5.75 Å². The fourth-order valence-corrected chi connectivity index (χ4v) is 4.02. The van der Waals surface area contributed by atoms with Crippen LogP contribution in [0.1, 0.15) is 42.1 Å². The minimum atomic E-state index is -0.475. The van der Waals surface area contributed by atoms with Gasteiger partial charge in [0.25, 0.3) is 0 Å². The monoisotopic (exact) mass is 452 g/mol. The number of aliphatic hydroxyl groups is 2. The van der Waals surface area contributed by atoms with E-state index >= 15 is 0 Å². The highest BCUT2D eigenvalue weighted by Crippen LogP contribution is 2.33. The maximum atomic E-state index is 10.1. The van der Waals surface area contributed by atoms with Gasteiger partial charge in [-0.1, -0.05) is 35.9 Å². The second-order valence-corrected chi connectivity index (χ2v) is 8.37. The largest absolute Gasteiger partial charge is 0.494 e. The lowest BCUT2D eigenvalue weighted by Crippen LogP contribution is -2.33. The Morgan fingerprint density at radius 3 is 2.73 bits per heavy atom. The molecule has 2 aromatic carbocycles. The molecule has 1 fully saturated rings. The second kappa shape index (κ2) is 11.9. The van der Waals surface area contributed by atoms with E-state index in [2.05, 4.69) is 4.72 Å². The van der Waals surface area contributed by atoms with Crippen LogP contribution in [0.4, 0.5) is 0 Å². The number of halogens is 1. The lowest BCUT2D eigenvalue weighted by atomic mass is 9.94. The molecule has 0 bridgehead atoms. The summed E-state index contributed by atoms with van der Waals surface area (Å²) in [5.41, 5.74) is 3.09. The molecule has 1 aliphatic heterocycles. The Bertz CT molecular complexity index is 793. The van der Waals surface area contributed by atoms with Gasteiger partial charge in [0.05, 0.1) is 31.5 Å². The quantitative estimate of drug-likeness (QED) is 0.324. The molecule has 5 N–H and O–H groups in total. The van der Waals surface area contributed by atoms with Crippen molar-refractivity contribution in [3.63, 3.8) is 0 Å². The minimum Gasteiger partial charge on any atom is -0.494 e. The van der Waals surface area contributed by atoms with Crippen LogP contribution in [-0.2, 0) is 11.2 Å². The van der Waals surface area contributed by atoms with Gasteiger partial charge in [0.2, 0.25) is 0 Å². The predicted octanol–water partition coefficient (Wildman–Crippen LogP) is 3.38. The van der Waals surface area contributed by atoms with E-state index in [1.54, 1.807) is 0 Å². The smallest absolute Gasteiger partial charge is 0.119 e. The molecule has 6 nitrogen and oxygen atoms in total. The third-order valence-corrected chi connectivity index (χ3v) is 5.86. The Balaban J connectivity index is 1.61. The fraction of sp³-hybridized carbons (Fsp3) is 0.455. The zero-order valence-corrected chi connectivity index (χ0v) is 18.4. The van der Waals surface area contributed by atoms with Crippen molar-refractivity contribution >= 4 is 23.7 Å². The van der Waals surface area contributed by atoms with Gasteiger partial charge in [0.15, 0.2) is 0 Å². The number of hydrogen-bond acceptors (Lipinski definition) is 7. The number of ether oxygens (including phenoxy) is 2. The summed E-state index contributed by atoms with van der Waals surface area (Å²) in [6.45, 7) is 1.34. The van der Waals surface area contributed by atoms with Gasteiger partial charge >= 0.3 is 0 Å². The molecule has 1 saturated heterocycles. The molecule has 3 atom stereocenters. The fourth-order valence-electron chi connectivity index (χ4n) is 3.57. The molecule has 164 valence electrons. The summed E-state index contributed by atoms with van der Waals surface area (Å²) in [4.78, 5) is 0. The molecule has 0 aromatic heterocycles. The topological polar surface area (TPSA) is 97.0 Å². The van der Waals surface area contributed by atoms with Crippen LogP contribution in [0.25, 0.3) is 0 Å². The Kier molecular flexibility index (Phi) is 9.27. The van der Waals surface area contributed by atoms with Crippen LogP contribution < -0.4 is 14.6 Å². The zero-order valence-electron chi connectivity index (χ0n) is 16.8. The Hall–Kier alpha value is -1.32. The molecule has 0 aliphatic carbocycles. The maximum absolute atomic E-state index is 10.1. The number of nitrogens with one attached hydrogen (secondary N) is 1. The predicted molar refractivity (Wildman–Crippen MR) is 121 cm³/mol. The molecular weight excluding hydrogens is 424 g/mol. The molecule has 0 spiro atoms. The van der Waals surface area contributed by atoms with Crippen molar-refractivity contribution in [2.75, 3.05) is 19.8 Å². The maximum Gasteiger partial charge on any atom is 0.119 e. The second-order valence-electron chi connectivity index (χ2n) is 7.44. The zero-order chi connectivity index (χ0) is 21.3. The van der Waals surface area contributed by atoms with E-state index in [-0.39, 0.29) is 18.8 Å². The Morgan fingerprint density at radius 1 is 1.20 bits per heavy atom. The third kappa shape index (κ3) is 6.85. The highest BCUT2D eigenvalue weighted by atomic mass is 35.5. The normalized spacial score (nSPS) is 21.5. The lowest BCUT2D eigenvalue weighted by Gasteiger charge is -2.32. The van der Waals surface area contributed by atoms with E-state index < -0.39 is 6.10 Å². The molecule has 3 unspecified atom stereocenters. The molecule has 1 heterocycles. The summed E-state index contributed by atoms with van der Waals surface area (Å²) < 4.78 is 14.6. The van der Waals surface area contributed by atoms with Gasteiger partial charge in [0, 0.05) is 36.5 Å². The number of benzene rings is 2. The van der Waals surface area contributed by atoms with Crippen LogP contribution >= 0.6 is 23.7 Å². The van der Waals surface area contributed by atoms with Crippen LogP contribution in [-0.4, -0.2) is 42.2 Å². The van der Waals surface area contributed by atoms with Gasteiger partial charge < -0.3 is 19.7 Å². The van der Waals surface area contributed by atoms with Crippen LogP contribution in [0.3, 0.4) is 0 Å². The third-order valence-electron chi connectivity index (χ3n) is 5.12. The van der Waals surface area contributed by atoms with Crippen LogP contribution in [0.15, 0.2) is 42.5 Å². The van der Waals surface area contributed by atoms with Gasteiger partial charge in [-0.25, -0.2) is 0 Å². The van der Waals surface area contributed by atoms with Crippen molar-refractivity contribution in [1.82, 2.24) is 4.72 Å².